The van der Waals surface area contributed by atoms with Crippen LogP contribution in [0.25, 0.3) is 0 Å². The lowest BCUT2D eigenvalue weighted by Gasteiger charge is -2.34. The van der Waals surface area contributed by atoms with Crippen molar-refractivity contribution in [2.45, 2.75) is 25.3 Å². The third-order valence-corrected chi connectivity index (χ3v) is 4.87. The number of hydrogen-bond acceptors (Lipinski definition) is 5. The van der Waals surface area contributed by atoms with E-state index in [1.807, 2.05) is 0 Å². The molecule has 1 aliphatic rings. The molecule has 142 valence electrons. The molecular weight excluding hydrogens is 373 g/mol. The highest BCUT2D eigenvalue weighted by Gasteiger charge is 2.38. The molecule has 0 saturated heterocycles. The monoisotopic (exact) mass is 391 g/mol. The highest BCUT2D eigenvalue weighted by Crippen LogP contribution is 2.35. The summed E-state index contributed by atoms with van der Waals surface area (Å²) in [5.74, 6) is -0.942. The molecule has 3 rings (SSSR count). The molecule has 0 saturated carbocycles. The molecule has 1 aromatic carbocycles. The summed E-state index contributed by atoms with van der Waals surface area (Å²) in [5, 5.41) is 4.17. The van der Waals surface area contributed by atoms with Gasteiger partial charge in [0.25, 0.3) is 0 Å². The van der Waals surface area contributed by atoms with Crippen molar-refractivity contribution in [3.8, 4) is 0 Å². The van der Waals surface area contributed by atoms with Crippen molar-refractivity contribution in [2.24, 2.45) is 17.8 Å². The number of hydrogen-bond donors (Lipinski definition) is 1. The molecule has 7 nitrogen and oxygen atoms in total. The standard InChI is InChI=1S/C18H19ClFN5O2/c1-18(9-16(27)24(2)17(21)22-18)11-6-10(4-5-12(11)20)7-14(26)13-8-15(19)23-25(13)3/h4-6,8H,7,9H2,1-3H3,(H2,21,22). The van der Waals surface area contributed by atoms with Crippen LogP contribution in [0, 0.1) is 5.82 Å². The number of halogens is 2. The Bertz CT molecular complexity index is 971. The van der Waals surface area contributed by atoms with Crippen molar-refractivity contribution >= 4 is 29.3 Å². The van der Waals surface area contributed by atoms with Crippen LogP contribution in [0.2, 0.25) is 5.15 Å². The largest absolute Gasteiger partial charge is 0.369 e. The second-order valence-corrected chi connectivity index (χ2v) is 7.15. The van der Waals surface area contributed by atoms with Crippen LogP contribution in [0.1, 0.15) is 35.0 Å². The number of Topliss-reactive ketones (excluding diaryl/α,β-unsaturated/α-hetero) is 1. The number of carbonyl (C=O) groups is 2. The Kier molecular flexibility index (Phi) is 4.77. The lowest BCUT2D eigenvalue weighted by molar-refractivity contribution is -0.128. The van der Waals surface area contributed by atoms with Gasteiger partial charge in [-0.05, 0) is 24.6 Å². The second kappa shape index (κ2) is 6.77. The van der Waals surface area contributed by atoms with Crippen LogP contribution in [0.5, 0.6) is 0 Å². The third-order valence-electron chi connectivity index (χ3n) is 4.69. The minimum Gasteiger partial charge on any atom is -0.369 e. The lowest BCUT2D eigenvalue weighted by Crippen LogP contribution is -2.47. The predicted octanol–water partition coefficient (Wildman–Crippen LogP) is 2.03. The fourth-order valence-electron chi connectivity index (χ4n) is 3.13. The van der Waals surface area contributed by atoms with E-state index in [0.29, 0.717) is 11.3 Å². The highest BCUT2D eigenvalue weighted by atomic mass is 35.5. The number of aliphatic imine (C=N–C) groups is 1. The molecule has 9 heteroatoms. The van der Waals surface area contributed by atoms with Crippen LogP contribution < -0.4 is 5.73 Å². The van der Waals surface area contributed by atoms with E-state index in [4.69, 9.17) is 17.3 Å². The summed E-state index contributed by atoms with van der Waals surface area (Å²) in [6, 6.07) is 5.84. The maximum atomic E-state index is 14.5. The van der Waals surface area contributed by atoms with Crippen molar-refractivity contribution in [3.63, 3.8) is 0 Å². The van der Waals surface area contributed by atoms with Gasteiger partial charge in [0.05, 0.1) is 12.0 Å². The molecule has 1 atom stereocenters. The Morgan fingerprint density at radius 3 is 2.67 bits per heavy atom. The average Bonchev–Trinajstić information content (AvgIpc) is 2.92. The van der Waals surface area contributed by atoms with Crippen LogP contribution in [0.4, 0.5) is 4.39 Å². The number of aryl methyl sites for hydroxylation is 1. The van der Waals surface area contributed by atoms with E-state index in [0.717, 1.165) is 0 Å². The zero-order valence-electron chi connectivity index (χ0n) is 15.2. The normalized spacial score (nSPS) is 20.0. The second-order valence-electron chi connectivity index (χ2n) is 6.76. The molecule has 1 amide bonds. The van der Waals surface area contributed by atoms with Gasteiger partial charge < -0.3 is 5.73 Å². The summed E-state index contributed by atoms with van der Waals surface area (Å²) in [5.41, 5.74) is 5.84. The number of amides is 1. The molecule has 2 N–H and O–H groups in total. The number of benzene rings is 1. The van der Waals surface area contributed by atoms with Gasteiger partial charge in [-0.15, -0.1) is 0 Å². The van der Waals surface area contributed by atoms with E-state index in [1.165, 1.54) is 34.8 Å². The van der Waals surface area contributed by atoms with Crippen molar-refractivity contribution in [2.75, 3.05) is 7.05 Å². The van der Waals surface area contributed by atoms with E-state index in [-0.39, 0.29) is 41.2 Å². The Morgan fingerprint density at radius 2 is 2.07 bits per heavy atom. The van der Waals surface area contributed by atoms with Gasteiger partial charge in [-0.25, -0.2) is 9.38 Å². The maximum Gasteiger partial charge on any atom is 0.231 e. The molecule has 1 unspecified atom stereocenters. The quantitative estimate of drug-likeness (QED) is 0.807. The molecule has 0 bridgehead atoms. The van der Waals surface area contributed by atoms with Gasteiger partial charge in [0, 0.05) is 32.1 Å². The van der Waals surface area contributed by atoms with Crippen LogP contribution in [0.15, 0.2) is 29.3 Å². The summed E-state index contributed by atoms with van der Waals surface area (Å²) in [6.07, 6.45) is 0.0160. The molecule has 0 aliphatic carbocycles. The fraction of sp³-hybridized carbons (Fsp3) is 0.333. The van der Waals surface area contributed by atoms with Crippen LogP contribution in [-0.4, -0.2) is 39.4 Å². The van der Waals surface area contributed by atoms with E-state index in [9.17, 15) is 14.0 Å². The molecule has 2 heterocycles. The lowest BCUT2D eigenvalue weighted by atomic mass is 9.85. The molecule has 0 spiro atoms. The van der Waals surface area contributed by atoms with Crippen molar-refractivity contribution in [1.82, 2.24) is 14.7 Å². The Labute approximate surface area is 160 Å². The summed E-state index contributed by atoms with van der Waals surface area (Å²) in [7, 11) is 3.14. The Balaban J connectivity index is 1.94. The average molecular weight is 392 g/mol. The van der Waals surface area contributed by atoms with Crippen LogP contribution in [0.3, 0.4) is 0 Å². The number of ketones is 1. The number of rotatable bonds is 4. The summed E-state index contributed by atoms with van der Waals surface area (Å²) in [6.45, 7) is 1.65. The Morgan fingerprint density at radius 1 is 1.37 bits per heavy atom. The van der Waals surface area contributed by atoms with E-state index < -0.39 is 11.4 Å². The van der Waals surface area contributed by atoms with Gasteiger partial charge in [0.2, 0.25) is 5.91 Å². The first-order chi connectivity index (χ1) is 12.6. The predicted molar refractivity (Wildman–Crippen MR) is 99.0 cm³/mol. The van der Waals surface area contributed by atoms with Crippen LogP contribution >= 0.6 is 11.6 Å². The van der Waals surface area contributed by atoms with Crippen molar-refractivity contribution in [3.05, 3.63) is 52.1 Å². The summed E-state index contributed by atoms with van der Waals surface area (Å²) < 4.78 is 15.9. The SMILES string of the molecule is CN1C(=O)CC(C)(c2cc(CC(=O)c3cc(Cl)nn3C)ccc2F)N=C1N. The van der Waals surface area contributed by atoms with E-state index in [1.54, 1.807) is 20.0 Å². The topological polar surface area (TPSA) is 93.6 Å². The minimum atomic E-state index is -1.13. The molecule has 0 fully saturated rings. The van der Waals surface area contributed by atoms with Gasteiger partial charge in [-0.1, -0.05) is 17.7 Å². The summed E-state index contributed by atoms with van der Waals surface area (Å²) in [4.78, 5) is 30.2. The van der Waals surface area contributed by atoms with Gasteiger partial charge >= 0.3 is 0 Å². The van der Waals surface area contributed by atoms with E-state index in [2.05, 4.69) is 10.1 Å². The van der Waals surface area contributed by atoms with E-state index >= 15 is 0 Å². The molecule has 1 aliphatic heterocycles. The smallest absolute Gasteiger partial charge is 0.231 e. The first-order valence-electron chi connectivity index (χ1n) is 8.24. The molecule has 0 radical (unpaired) electrons. The molecule has 27 heavy (non-hydrogen) atoms. The minimum absolute atomic E-state index is 0.0180. The molecule has 2 aromatic rings. The fourth-order valence-corrected chi connectivity index (χ4v) is 3.34. The number of carbonyl (C=O) groups excluding carboxylic acids is 2. The van der Waals surface area contributed by atoms with Gasteiger partial charge in [-0.3, -0.25) is 19.2 Å². The van der Waals surface area contributed by atoms with Crippen LogP contribution in [-0.2, 0) is 23.8 Å². The molecular formula is C18H19ClFN5O2. The number of aromatic nitrogens is 2. The molecule has 1 aromatic heterocycles. The number of nitrogens with zero attached hydrogens (tertiary/aromatic N) is 4. The Hall–Kier alpha value is -2.74. The number of nitrogens with two attached hydrogens (primary N) is 1. The third kappa shape index (κ3) is 3.57. The van der Waals surface area contributed by atoms with Crippen molar-refractivity contribution < 1.29 is 14.0 Å². The highest BCUT2D eigenvalue weighted by molar-refractivity contribution is 6.29. The van der Waals surface area contributed by atoms with Gasteiger partial charge in [0.15, 0.2) is 16.9 Å². The van der Waals surface area contributed by atoms with Gasteiger partial charge in [-0.2, -0.15) is 5.10 Å². The van der Waals surface area contributed by atoms with Crippen molar-refractivity contribution in [1.29, 1.82) is 0 Å². The number of guanidine groups is 1. The summed E-state index contributed by atoms with van der Waals surface area (Å²) >= 11 is 5.82. The maximum absolute atomic E-state index is 14.5. The first-order valence-corrected chi connectivity index (χ1v) is 8.62. The first kappa shape index (κ1) is 19.0. The zero-order valence-corrected chi connectivity index (χ0v) is 15.9. The van der Waals surface area contributed by atoms with Gasteiger partial charge in [0.1, 0.15) is 11.5 Å². The zero-order chi connectivity index (χ0) is 19.9.